The third-order valence-electron chi connectivity index (χ3n) is 3.43. The fourth-order valence-corrected chi connectivity index (χ4v) is 2.68. The largest absolute Gasteiger partial charge is 0.480 e. The number of benzene rings is 1. The van der Waals surface area contributed by atoms with Gasteiger partial charge in [0, 0.05) is 6.54 Å². The second kappa shape index (κ2) is 5.24. The molecule has 98 valence electrons. The molecule has 1 aliphatic heterocycles. The molecule has 1 saturated heterocycles. The van der Waals surface area contributed by atoms with E-state index >= 15 is 0 Å². The van der Waals surface area contributed by atoms with Gasteiger partial charge in [-0.2, -0.15) is 0 Å². The monoisotopic (exact) mass is 271 g/mol. The summed E-state index contributed by atoms with van der Waals surface area (Å²) in [5, 5.41) is 9.28. The van der Waals surface area contributed by atoms with Gasteiger partial charge in [0.15, 0.2) is 0 Å². The van der Waals surface area contributed by atoms with Crippen LogP contribution < -0.4 is 0 Å². The number of hydrogen-bond donors (Lipinski definition) is 1. The molecule has 2 unspecified atom stereocenters. The fourth-order valence-electron chi connectivity index (χ4n) is 2.48. The molecule has 1 aromatic carbocycles. The molecule has 0 saturated carbocycles. The molecule has 0 spiro atoms. The highest BCUT2D eigenvalue weighted by Gasteiger charge is 2.36. The standard InChI is InChI=1S/C13H15ClFNO2/c1-8-4-5-16(12(8)13(17)18)7-9-2-3-11(15)10(14)6-9/h2-3,6,8,12H,4-5,7H2,1H3,(H,17,18). The zero-order valence-electron chi connectivity index (χ0n) is 10.1. The van der Waals surface area contributed by atoms with Crippen LogP contribution in [0.5, 0.6) is 0 Å². The summed E-state index contributed by atoms with van der Waals surface area (Å²) in [4.78, 5) is 13.1. The lowest BCUT2D eigenvalue weighted by Gasteiger charge is -2.23. The molecular formula is C13H15ClFNO2. The molecule has 1 N–H and O–H groups in total. The van der Waals surface area contributed by atoms with Gasteiger partial charge in [-0.3, -0.25) is 9.69 Å². The van der Waals surface area contributed by atoms with Gasteiger partial charge >= 0.3 is 5.97 Å². The van der Waals surface area contributed by atoms with Crippen LogP contribution in [0.1, 0.15) is 18.9 Å². The van der Waals surface area contributed by atoms with Crippen molar-refractivity contribution in [2.75, 3.05) is 6.54 Å². The highest BCUT2D eigenvalue weighted by molar-refractivity contribution is 6.30. The minimum Gasteiger partial charge on any atom is -0.480 e. The second-order valence-corrected chi connectivity index (χ2v) is 5.18. The van der Waals surface area contributed by atoms with Crippen molar-refractivity contribution in [3.05, 3.63) is 34.6 Å². The quantitative estimate of drug-likeness (QED) is 0.919. The summed E-state index contributed by atoms with van der Waals surface area (Å²) in [6.07, 6.45) is 0.867. The van der Waals surface area contributed by atoms with E-state index in [1.165, 1.54) is 6.07 Å². The minimum atomic E-state index is -0.798. The van der Waals surface area contributed by atoms with Crippen LogP contribution in [0.15, 0.2) is 18.2 Å². The first-order valence-electron chi connectivity index (χ1n) is 5.90. The normalized spacial score (nSPS) is 24.4. The Morgan fingerprint density at radius 3 is 2.94 bits per heavy atom. The summed E-state index contributed by atoms with van der Waals surface area (Å²) in [6.45, 7) is 3.17. The van der Waals surface area contributed by atoms with Gasteiger partial charge in [0.25, 0.3) is 0 Å². The van der Waals surface area contributed by atoms with E-state index in [4.69, 9.17) is 11.6 Å². The van der Waals surface area contributed by atoms with Crippen LogP contribution in [0.3, 0.4) is 0 Å². The molecule has 1 aromatic rings. The van der Waals surface area contributed by atoms with Crippen molar-refractivity contribution >= 4 is 17.6 Å². The molecule has 2 rings (SSSR count). The third-order valence-corrected chi connectivity index (χ3v) is 3.72. The number of likely N-dealkylation sites (tertiary alicyclic amines) is 1. The number of carboxylic acid groups (broad SMARTS) is 1. The van der Waals surface area contributed by atoms with Gasteiger partial charge in [0.2, 0.25) is 0 Å². The molecule has 0 amide bonds. The van der Waals surface area contributed by atoms with Crippen molar-refractivity contribution in [1.29, 1.82) is 0 Å². The summed E-state index contributed by atoms with van der Waals surface area (Å²) < 4.78 is 13.0. The molecule has 3 nitrogen and oxygen atoms in total. The number of hydrogen-bond acceptors (Lipinski definition) is 2. The van der Waals surface area contributed by atoms with Crippen LogP contribution in [0.2, 0.25) is 5.02 Å². The summed E-state index contributed by atoms with van der Waals surface area (Å²) in [6, 6.07) is 4.04. The number of nitrogens with zero attached hydrogens (tertiary/aromatic N) is 1. The van der Waals surface area contributed by atoms with Gasteiger partial charge in [-0.25, -0.2) is 4.39 Å². The van der Waals surface area contributed by atoms with E-state index in [2.05, 4.69) is 0 Å². The maximum atomic E-state index is 13.0. The second-order valence-electron chi connectivity index (χ2n) is 4.77. The Bertz CT molecular complexity index is 466. The fraction of sp³-hybridized carbons (Fsp3) is 0.462. The van der Waals surface area contributed by atoms with Gasteiger partial charge in [0.1, 0.15) is 11.9 Å². The highest BCUT2D eigenvalue weighted by Crippen LogP contribution is 2.26. The molecule has 0 aromatic heterocycles. The number of rotatable bonds is 3. The summed E-state index contributed by atoms with van der Waals surface area (Å²) >= 11 is 5.72. The Balaban J connectivity index is 2.13. The van der Waals surface area contributed by atoms with Crippen molar-refractivity contribution in [2.45, 2.75) is 25.9 Å². The number of carbonyl (C=O) groups is 1. The minimum absolute atomic E-state index is 0.0756. The van der Waals surface area contributed by atoms with E-state index in [9.17, 15) is 14.3 Å². The molecule has 18 heavy (non-hydrogen) atoms. The van der Waals surface area contributed by atoms with Crippen molar-refractivity contribution in [3.63, 3.8) is 0 Å². The Kier molecular flexibility index (Phi) is 3.88. The molecule has 0 radical (unpaired) electrons. The molecule has 0 aliphatic carbocycles. The van der Waals surface area contributed by atoms with Crippen LogP contribution in [-0.2, 0) is 11.3 Å². The van der Waals surface area contributed by atoms with Crippen molar-refractivity contribution in [1.82, 2.24) is 4.90 Å². The summed E-state index contributed by atoms with van der Waals surface area (Å²) in [5.74, 6) is -1.11. The van der Waals surface area contributed by atoms with E-state index in [0.29, 0.717) is 6.54 Å². The molecule has 0 bridgehead atoms. The van der Waals surface area contributed by atoms with Crippen molar-refractivity contribution in [2.24, 2.45) is 5.92 Å². The van der Waals surface area contributed by atoms with Crippen LogP contribution in [0.4, 0.5) is 4.39 Å². The predicted octanol–water partition coefficient (Wildman–Crippen LogP) is 2.77. The lowest BCUT2D eigenvalue weighted by molar-refractivity contribution is -0.143. The average Bonchev–Trinajstić information content (AvgIpc) is 2.65. The first-order chi connectivity index (χ1) is 8.49. The first-order valence-corrected chi connectivity index (χ1v) is 6.27. The van der Waals surface area contributed by atoms with Crippen LogP contribution in [0.25, 0.3) is 0 Å². The van der Waals surface area contributed by atoms with E-state index in [-0.39, 0.29) is 10.9 Å². The van der Waals surface area contributed by atoms with Gasteiger partial charge in [-0.15, -0.1) is 0 Å². The van der Waals surface area contributed by atoms with Crippen molar-refractivity contribution < 1.29 is 14.3 Å². The molecule has 1 fully saturated rings. The summed E-state index contributed by atoms with van der Waals surface area (Å²) in [5.41, 5.74) is 0.835. The predicted molar refractivity (Wildman–Crippen MR) is 67.0 cm³/mol. The summed E-state index contributed by atoms with van der Waals surface area (Å²) in [7, 11) is 0. The molecule has 2 atom stereocenters. The van der Waals surface area contributed by atoms with E-state index in [1.807, 2.05) is 11.8 Å². The number of halogens is 2. The molecule has 5 heteroatoms. The number of carboxylic acids is 1. The maximum absolute atomic E-state index is 13.0. The Labute approximate surface area is 110 Å². The molecular weight excluding hydrogens is 257 g/mol. The van der Waals surface area contributed by atoms with Gasteiger partial charge in [-0.1, -0.05) is 24.6 Å². The molecule has 1 aliphatic rings. The van der Waals surface area contributed by atoms with Gasteiger partial charge < -0.3 is 5.11 Å². The smallest absolute Gasteiger partial charge is 0.321 e. The lowest BCUT2D eigenvalue weighted by Crippen LogP contribution is -2.38. The Hall–Kier alpha value is -1.13. The SMILES string of the molecule is CC1CCN(Cc2ccc(F)c(Cl)c2)C1C(=O)O. The topological polar surface area (TPSA) is 40.5 Å². The van der Waals surface area contributed by atoms with Crippen LogP contribution in [-0.4, -0.2) is 28.6 Å². The van der Waals surface area contributed by atoms with Crippen LogP contribution >= 0.6 is 11.6 Å². The molecule has 1 heterocycles. The maximum Gasteiger partial charge on any atom is 0.321 e. The van der Waals surface area contributed by atoms with Gasteiger partial charge in [-0.05, 0) is 36.6 Å². The third kappa shape index (κ3) is 2.65. The highest BCUT2D eigenvalue weighted by atomic mass is 35.5. The van der Waals surface area contributed by atoms with Crippen LogP contribution in [0, 0.1) is 11.7 Å². The Morgan fingerprint density at radius 1 is 1.61 bits per heavy atom. The van der Waals surface area contributed by atoms with E-state index in [1.54, 1.807) is 12.1 Å². The van der Waals surface area contributed by atoms with Gasteiger partial charge in [0.05, 0.1) is 5.02 Å². The zero-order valence-corrected chi connectivity index (χ0v) is 10.8. The lowest BCUT2D eigenvalue weighted by atomic mass is 10.0. The average molecular weight is 272 g/mol. The number of aliphatic carboxylic acids is 1. The van der Waals surface area contributed by atoms with Crippen molar-refractivity contribution in [3.8, 4) is 0 Å². The van der Waals surface area contributed by atoms with E-state index in [0.717, 1.165) is 18.5 Å². The first kappa shape index (κ1) is 13.3. The Morgan fingerprint density at radius 2 is 2.33 bits per heavy atom. The van der Waals surface area contributed by atoms with E-state index < -0.39 is 17.8 Å². The zero-order chi connectivity index (χ0) is 13.3.